The summed E-state index contributed by atoms with van der Waals surface area (Å²) in [6.07, 6.45) is 2.99. The van der Waals surface area contributed by atoms with E-state index >= 15 is 0 Å². The van der Waals surface area contributed by atoms with Crippen LogP contribution in [0.4, 0.5) is 5.13 Å². The van der Waals surface area contributed by atoms with E-state index in [1.807, 2.05) is 6.07 Å². The number of halogens is 1. The van der Waals surface area contributed by atoms with Crippen molar-refractivity contribution < 1.29 is 19.4 Å². The number of pyridine rings is 1. The lowest BCUT2D eigenvalue weighted by molar-refractivity contribution is -0.132. The van der Waals surface area contributed by atoms with E-state index in [0.29, 0.717) is 32.5 Å². The second-order valence-corrected chi connectivity index (χ2v) is 8.74. The quantitative estimate of drug-likeness (QED) is 0.253. The molecule has 1 atom stereocenters. The van der Waals surface area contributed by atoms with E-state index in [2.05, 4.69) is 9.97 Å². The summed E-state index contributed by atoms with van der Waals surface area (Å²) in [4.78, 5) is 36.3. The number of benzene rings is 2. The molecular formula is C24H16ClN3O4S. The maximum atomic E-state index is 13.2. The average molecular weight is 478 g/mol. The van der Waals surface area contributed by atoms with Crippen LogP contribution in [0.5, 0.6) is 5.75 Å². The molecule has 0 aliphatic carbocycles. The fourth-order valence-electron chi connectivity index (χ4n) is 3.77. The molecule has 1 aliphatic heterocycles. The Morgan fingerprint density at radius 1 is 1.15 bits per heavy atom. The van der Waals surface area contributed by atoms with E-state index in [9.17, 15) is 14.7 Å². The average Bonchev–Trinajstić information content (AvgIpc) is 3.37. The number of thiazole rings is 1. The number of rotatable bonds is 4. The molecule has 1 aliphatic rings. The van der Waals surface area contributed by atoms with Gasteiger partial charge in [0.15, 0.2) is 5.13 Å². The molecule has 4 aromatic rings. The van der Waals surface area contributed by atoms with Crippen LogP contribution in [-0.4, -0.2) is 33.9 Å². The molecule has 33 heavy (non-hydrogen) atoms. The molecule has 9 heteroatoms. The number of methoxy groups -OCH3 is 1. The van der Waals surface area contributed by atoms with E-state index in [4.69, 9.17) is 16.3 Å². The molecule has 1 amide bonds. The first-order valence-electron chi connectivity index (χ1n) is 9.89. The molecule has 164 valence electrons. The van der Waals surface area contributed by atoms with Crippen LogP contribution in [0.2, 0.25) is 5.02 Å². The van der Waals surface area contributed by atoms with Gasteiger partial charge in [-0.1, -0.05) is 35.1 Å². The van der Waals surface area contributed by atoms with Gasteiger partial charge in [-0.15, -0.1) is 0 Å². The second-order valence-electron chi connectivity index (χ2n) is 7.29. The molecule has 1 fully saturated rings. The summed E-state index contributed by atoms with van der Waals surface area (Å²) in [5, 5.41) is 11.9. The Morgan fingerprint density at radius 3 is 2.64 bits per heavy atom. The van der Waals surface area contributed by atoms with Gasteiger partial charge in [-0.3, -0.25) is 19.5 Å². The van der Waals surface area contributed by atoms with Crippen LogP contribution in [0, 0.1) is 0 Å². The highest BCUT2D eigenvalue weighted by atomic mass is 35.5. The number of Topliss-reactive ketones (excluding diaryl/α,β-unsaturated/α-hetero) is 1. The molecule has 0 spiro atoms. The number of fused-ring (bicyclic) bond motifs is 1. The zero-order valence-corrected chi connectivity index (χ0v) is 18.8. The van der Waals surface area contributed by atoms with Gasteiger partial charge in [0.25, 0.3) is 5.78 Å². The van der Waals surface area contributed by atoms with Crippen molar-refractivity contribution in [2.45, 2.75) is 6.04 Å². The Labute approximate surface area is 197 Å². The predicted molar refractivity (Wildman–Crippen MR) is 127 cm³/mol. The Kier molecular flexibility index (Phi) is 5.32. The molecule has 0 bridgehead atoms. The lowest BCUT2D eigenvalue weighted by Gasteiger charge is -2.23. The first kappa shape index (κ1) is 21.1. The fraction of sp³-hybridized carbons (Fsp3) is 0.0833. The summed E-state index contributed by atoms with van der Waals surface area (Å²) in [5.74, 6) is -1.21. The van der Waals surface area contributed by atoms with Gasteiger partial charge in [-0.25, -0.2) is 4.98 Å². The lowest BCUT2D eigenvalue weighted by atomic mass is 9.96. The van der Waals surface area contributed by atoms with E-state index in [1.165, 1.54) is 22.4 Å². The van der Waals surface area contributed by atoms with Crippen molar-refractivity contribution >= 4 is 55.7 Å². The minimum Gasteiger partial charge on any atom is -0.507 e. The van der Waals surface area contributed by atoms with E-state index in [0.717, 1.165) is 4.70 Å². The Bertz CT molecular complexity index is 1420. The van der Waals surface area contributed by atoms with Gasteiger partial charge >= 0.3 is 5.91 Å². The minimum absolute atomic E-state index is 0.0350. The Morgan fingerprint density at radius 2 is 1.94 bits per heavy atom. The summed E-state index contributed by atoms with van der Waals surface area (Å²) in [7, 11) is 1.57. The predicted octanol–water partition coefficient (Wildman–Crippen LogP) is 4.98. The molecule has 1 unspecified atom stereocenters. The van der Waals surface area contributed by atoms with Crippen LogP contribution in [-0.2, 0) is 9.59 Å². The monoisotopic (exact) mass is 477 g/mol. The summed E-state index contributed by atoms with van der Waals surface area (Å²) >= 11 is 7.33. The minimum atomic E-state index is -0.884. The number of hydrogen-bond acceptors (Lipinski definition) is 7. The van der Waals surface area contributed by atoms with Crippen molar-refractivity contribution in [3.8, 4) is 5.75 Å². The third-order valence-electron chi connectivity index (χ3n) is 5.36. The van der Waals surface area contributed by atoms with Crippen LogP contribution in [0.15, 0.2) is 72.6 Å². The zero-order chi connectivity index (χ0) is 23.1. The highest BCUT2D eigenvalue weighted by Gasteiger charge is 2.48. The third kappa shape index (κ3) is 3.63. The fourth-order valence-corrected chi connectivity index (χ4v) is 4.92. The number of ketones is 1. The summed E-state index contributed by atoms with van der Waals surface area (Å²) in [6, 6.07) is 14.6. The number of anilines is 1. The number of nitrogens with zero attached hydrogens (tertiary/aromatic N) is 3. The Hall–Kier alpha value is -3.75. The highest BCUT2D eigenvalue weighted by molar-refractivity contribution is 7.22. The first-order chi connectivity index (χ1) is 16.0. The van der Waals surface area contributed by atoms with E-state index in [1.54, 1.807) is 61.8 Å². The second kappa shape index (κ2) is 8.31. The molecular weight excluding hydrogens is 462 g/mol. The van der Waals surface area contributed by atoms with Crippen molar-refractivity contribution in [3.63, 3.8) is 0 Å². The zero-order valence-electron chi connectivity index (χ0n) is 17.2. The molecule has 1 N–H and O–H groups in total. The van der Waals surface area contributed by atoms with Gasteiger partial charge in [0.05, 0.1) is 28.9 Å². The van der Waals surface area contributed by atoms with Crippen LogP contribution in [0.3, 0.4) is 0 Å². The number of aliphatic hydroxyl groups is 1. The van der Waals surface area contributed by atoms with Crippen molar-refractivity contribution in [3.05, 3.63) is 88.7 Å². The third-order valence-corrected chi connectivity index (χ3v) is 6.62. The molecule has 2 aromatic heterocycles. The van der Waals surface area contributed by atoms with E-state index in [-0.39, 0.29) is 11.3 Å². The van der Waals surface area contributed by atoms with E-state index < -0.39 is 17.7 Å². The first-order valence-corrected chi connectivity index (χ1v) is 11.1. The van der Waals surface area contributed by atoms with Gasteiger partial charge in [-0.05, 0) is 48.0 Å². The number of ether oxygens (including phenoxy) is 1. The SMILES string of the molecule is COc1ccc2nc(N3C(=O)C(=O)C(=C(O)c4cccnc4)C3c3ccc(Cl)cc3)sc2c1. The smallest absolute Gasteiger partial charge is 0.301 e. The Balaban J connectivity index is 1.72. The van der Waals surface area contributed by atoms with Crippen molar-refractivity contribution in [1.29, 1.82) is 0 Å². The van der Waals surface area contributed by atoms with Crippen molar-refractivity contribution in [2.75, 3.05) is 12.0 Å². The number of amides is 1. The molecule has 5 rings (SSSR count). The van der Waals surface area contributed by atoms with Gasteiger partial charge in [0.2, 0.25) is 0 Å². The highest BCUT2D eigenvalue weighted by Crippen LogP contribution is 2.44. The number of carbonyl (C=O) groups excluding carboxylic acids is 2. The molecule has 7 nitrogen and oxygen atoms in total. The normalized spacial score (nSPS) is 17.6. The molecule has 0 saturated carbocycles. The van der Waals surface area contributed by atoms with Gasteiger partial charge < -0.3 is 9.84 Å². The number of aromatic nitrogens is 2. The number of hydrogen-bond donors (Lipinski definition) is 1. The standard InChI is InChI=1S/C24H16ClN3O4S/c1-32-16-8-9-17-18(11-16)33-24(27-17)28-20(13-4-6-15(25)7-5-13)19(22(30)23(28)31)21(29)14-3-2-10-26-12-14/h2-12,20,29H,1H3. The maximum absolute atomic E-state index is 13.2. The maximum Gasteiger partial charge on any atom is 0.301 e. The molecule has 3 heterocycles. The number of carbonyl (C=O) groups is 2. The summed E-state index contributed by atoms with van der Waals surface area (Å²) < 4.78 is 6.08. The lowest BCUT2D eigenvalue weighted by Crippen LogP contribution is -2.29. The largest absolute Gasteiger partial charge is 0.507 e. The van der Waals surface area contributed by atoms with Gasteiger partial charge in [0, 0.05) is 23.0 Å². The van der Waals surface area contributed by atoms with Crippen LogP contribution in [0.25, 0.3) is 16.0 Å². The number of aliphatic hydroxyl groups excluding tert-OH is 1. The molecule has 0 radical (unpaired) electrons. The topological polar surface area (TPSA) is 92.6 Å². The van der Waals surface area contributed by atoms with Gasteiger partial charge in [0.1, 0.15) is 11.5 Å². The van der Waals surface area contributed by atoms with Crippen molar-refractivity contribution in [1.82, 2.24) is 9.97 Å². The summed E-state index contributed by atoms with van der Waals surface area (Å²) in [6.45, 7) is 0. The molecule has 1 saturated heterocycles. The van der Waals surface area contributed by atoms with Crippen molar-refractivity contribution in [2.24, 2.45) is 0 Å². The van der Waals surface area contributed by atoms with Gasteiger partial charge in [-0.2, -0.15) is 0 Å². The van der Waals surface area contributed by atoms with Crippen LogP contribution < -0.4 is 9.64 Å². The van der Waals surface area contributed by atoms with Crippen LogP contribution >= 0.6 is 22.9 Å². The molecule has 2 aromatic carbocycles. The summed E-state index contributed by atoms with van der Waals surface area (Å²) in [5.41, 5.74) is 1.58. The van der Waals surface area contributed by atoms with Crippen LogP contribution in [0.1, 0.15) is 17.2 Å².